The third-order valence-corrected chi connectivity index (χ3v) is 5.30. The second-order valence-corrected chi connectivity index (χ2v) is 7.13. The van der Waals surface area contributed by atoms with Gasteiger partial charge in [0.15, 0.2) is 4.96 Å². The Morgan fingerprint density at radius 1 is 1.24 bits per heavy atom. The van der Waals surface area contributed by atoms with Crippen LogP contribution < -0.4 is 10.1 Å². The van der Waals surface area contributed by atoms with Crippen LogP contribution in [0.5, 0.6) is 5.75 Å². The van der Waals surface area contributed by atoms with Gasteiger partial charge in [-0.1, -0.05) is 23.5 Å². The van der Waals surface area contributed by atoms with Crippen LogP contribution >= 0.6 is 23.5 Å². The third-order valence-electron chi connectivity index (χ3n) is 3.96. The molecule has 0 unspecified atom stereocenters. The van der Waals surface area contributed by atoms with E-state index in [0.717, 1.165) is 37.9 Å². The van der Waals surface area contributed by atoms with Crippen LogP contribution in [0, 0.1) is 0 Å². The zero-order chi connectivity index (χ0) is 17.2. The Morgan fingerprint density at radius 3 is 2.84 bits per heavy atom. The number of halogens is 1. The molecule has 0 aliphatic rings. The summed E-state index contributed by atoms with van der Waals surface area (Å²) in [5.41, 5.74) is 4.22. The van der Waals surface area contributed by atoms with Gasteiger partial charge in [0, 0.05) is 36.6 Å². The van der Waals surface area contributed by atoms with Crippen molar-refractivity contribution < 1.29 is 8.62 Å². The Hall–Kier alpha value is -2.25. The Labute approximate surface area is 152 Å². The van der Waals surface area contributed by atoms with E-state index in [9.17, 15) is 3.89 Å². The number of nitrogens with zero attached hydrogens (tertiary/aromatic N) is 2. The van der Waals surface area contributed by atoms with Gasteiger partial charge in [0.25, 0.3) is 0 Å². The van der Waals surface area contributed by atoms with Crippen molar-refractivity contribution in [3.05, 3.63) is 48.7 Å². The molecule has 7 heteroatoms. The van der Waals surface area contributed by atoms with E-state index < -0.39 is 0 Å². The first kappa shape index (κ1) is 16.2. The number of ether oxygens (including phenoxy) is 1. The Kier molecular flexibility index (Phi) is 4.50. The van der Waals surface area contributed by atoms with Gasteiger partial charge in [-0.05, 0) is 30.3 Å². The number of nitrogens with one attached hydrogen (secondary N) is 1. The second kappa shape index (κ2) is 6.93. The fourth-order valence-corrected chi connectivity index (χ4v) is 3.89. The van der Waals surface area contributed by atoms with E-state index in [0.29, 0.717) is 24.5 Å². The van der Waals surface area contributed by atoms with E-state index in [1.54, 1.807) is 11.3 Å². The molecule has 0 saturated carbocycles. The summed E-state index contributed by atoms with van der Waals surface area (Å²) in [6, 6.07) is 14.1. The van der Waals surface area contributed by atoms with Crippen LogP contribution in [0.3, 0.4) is 0 Å². The molecule has 0 saturated heterocycles. The molecule has 0 aliphatic carbocycles. The minimum absolute atomic E-state index is 0.291. The average Bonchev–Trinajstić information content (AvgIpc) is 3.19. The first-order valence-electron chi connectivity index (χ1n) is 7.84. The quantitative estimate of drug-likeness (QED) is 0.468. The number of rotatable bonds is 6. The second-order valence-electron chi connectivity index (χ2n) is 5.50. The van der Waals surface area contributed by atoms with Crippen LogP contribution in [0.15, 0.2) is 48.7 Å². The molecule has 0 spiro atoms. The lowest BCUT2D eigenvalue weighted by atomic mass is 10.1. The smallest absolute Gasteiger partial charge is 0.195 e. The SMILES string of the molecule is CNc1ccc(-c2cn3c(n2)sc2cc(OCCSF)ccc23)cc1. The summed E-state index contributed by atoms with van der Waals surface area (Å²) in [4.78, 5) is 5.69. The van der Waals surface area contributed by atoms with Crippen LogP contribution in [0.4, 0.5) is 9.57 Å². The molecular weight excluding hydrogens is 357 g/mol. The Bertz CT molecular complexity index is 1010. The Morgan fingerprint density at radius 2 is 2.08 bits per heavy atom. The van der Waals surface area contributed by atoms with Crippen molar-refractivity contribution in [3.63, 3.8) is 0 Å². The normalized spacial score (nSPS) is 11.3. The lowest BCUT2D eigenvalue weighted by Crippen LogP contribution is -1.98. The highest BCUT2D eigenvalue weighted by atomic mass is 32.2. The molecular formula is C18H16FN3OS2. The van der Waals surface area contributed by atoms with E-state index in [1.165, 1.54) is 0 Å². The van der Waals surface area contributed by atoms with Gasteiger partial charge in [0.1, 0.15) is 5.75 Å². The maximum atomic E-state index is 12.1. The van der Waals surface area contributed by atoms with Crippen molar-refractivity contribution in [3.8, 4) is 17.0 Å². The molecule has 2 aromatic carbocycles. The molecule has 128 valence electrons. The minimum Gasteiger partial charge on any atom is -0.493 e. The number of anilines is 1. The highest BCUT2D eigenvalue weighted by molar-refractivity contribution is 7.94. The summed E-state index contributed by atoms with van der Waals surface area (Å²) in [5.74, 6) is 1.09. The highest BCUT2D eigenvalue weighted by Crippen LogP contribution is 2.32. The van der Waals surface area contributed by atoms with Crippen molar-refractivity contribution in [2.24, 2.45) is 0 Å². The van der Waals surface area contributed by atoms with Gasteiger partial charge in [-0.25, -0.2) is 4.98 Å². The average molecular weight is 373 g/mol. The molecule has 2 heterocycles. The van der Waals surface area contributed by atoms with Crippen molar-refractivity contribution >= 4 is 44.3 Å². The van der Waals surface area contributed by atoms with Gasteiger partial charge in [-0.2, -0.15) is 3.89 Å². The van der Waals surface area contributed by atoms with Gasteiger partial charge >= 0.3 is 0 Å². The van der Waals surface area contributed by atoms with E-state index in [2.05, 4.69) is 28.0 Å². The molecule has 1 N–H and O–H groups in total. The summed E-state index contributed by atoms with van der Waals surface area (Å²) >= 11 is 1.91. The predicted molar refractivity (Wildman–Crippen MR) is 105 cm³/mol. The molecule has 0 bridgehead atoms. The minimum atomic E-state index is 0.291. The van der Waals surface area contributed by atoms with E-state index in [4.69, 9.17) is 9.72 Å². The fraction of sp³-hybridized carbons (Fsp3) is 0.167. The zero-order valence-electron chi connectivity index (χ0n) is 13.5. The standard InChI is InChI=1S/C18H16FN3OS2/c1-20-13-4-2-12(3-5-13)15-11-22-16-7-6-14(23-8-9-24-19)10-17(16)25-18(22)21-15/h2-7,10-11,20H,8-9H2,1H3. The molecule has 0 amide bonds. The van der Waals surface area contributed by atoms with Gasteiger partial charge < -0.3 is 10.1 Å². The largest absolute Gasteiger partial charge is 0.493 e. The maximum absolute atomic E-state index is 12.1. The first-order valence-corrected chi connectivity index (χ1v) is 9.55. The van der Waals surface area contributed by atoms with Crippen molar-refractivity contribution in [1.82, 2.24) is 9.38 Å². The zero-order valence-corrected chi connectivity index (χ0v) is 15.2. The Balaban J connectivity index is 1.66. The lowest BCUT2D eigenvalue weighted by molar-refractivity contribution is 0.344. The molecule has 4 nitrogen and oxygen atoms in total. The van der Waals surface area contributed by atoms with Crippen molar-refractivity contribution in [1.29, 1.82) is 0 Å². The number of hydrogen-bond donors (Lipinski definition) is 1. The topological polar surface area (TPSA) is 38.6 Å². The maximum Gasteiger partial charge on any atom is 0.195 e. The monoisotopic (exact) mass is 373 g/mol. The van der Waals surface area contributed by atoms with Gasteiger partial charge in [-0.15, -0.1) is 0 Å². The first-order chi connectivity index (χ1) is 12.3. The number of aromatic nitrogens is 2. The molecule has 0 radical (unpaired) electrons. The summed E-state index contributed by atoms with van der Waals surface area (Å²) in [6.07, 6.45) is 2.06. The van der Waals surface area contributed by atoms with Crippen molar-refractivity contribution in [2.45, 2.75) is 0 Å². The number of benzene rings is 2. The number of thiazole rings is 1. The van der Waals surface area contributed by atoms with E-state index >= 15 is 0 Å². The van der Waals surface area contributed by atoms with E-state index in [-0.39, 0.29) is 0 Å². The number of imidazole rings is 1. The molecule has 4 rings (SSSR count). The highest BCUT2D eigenvalue weighted by Gasteiger charge is 2.11. The van der Waals surface area contributed by atoms with Crippen LogP contribution in [0.1, 0.15) is 0 Å². The summed E-state index contributed by atoms with van der Waals surface area (Å²) in [6.45, 7) is 0.363. The molecule has 4 aromatic rings. The summed E-state index contributed by atoms with van der Waals surface area (Å²) < 4.78 is 20.8. The third kappa shape index (κ3) is 3.17. The van der Waals surface area contributed by atoms with Gasteiger partial charge in [0.2, 0.25) is 0 Å². The van der Waals surface area contributed by atoms with Crippen LogP contribution in [0.2, 0.25) is 0 Å². The van der Waals surface area contributed by atoms with Gasteiger partial charge in [0.05, 0.1) is 28.3 Å². The summed E-state index contributed by atoms with van der Waals surface area (Å²) in [5, 5.41) is 3.12. The van der Waals surface area contributed by atoms with Gasteiger partial charge in [-0.3, -0.25) is 4.40 Å². The molecule has 0 atom stereocenters. The molecule has 25 heavy (non-hydrogen) atoms. The van der Waals surface area contributed by atoms with Crippen LogP contribution in [0.25, 0.3) is 26.4 Å². The molecule has 0 fully saturated rings. The number of hydrogen-bond acceptors (Lipinski definition) is 5. The summed E-state index contributed by atoms with van der Waals surface area (Å²) in [7, 11) is 1.90. The van der Waals surface area contributed by atoms with Crippen LogP contribution in [-0.2, 0) is 0 Å². The molecule has 0 aliphatic heterocycles. The van der Waals surface area contributed by atoms with Crippen molar-refractivity contribution in [2.75, 3.05) is 24.7 Å². The lowest BCUT2D eigenvalue weighted by Gasteiger charge is -2.03. The fourth-order valence-electron chi connectivity index (χ4n) is 2.71. The van der Waals surface area contributed by atoms with E-state index in [1.807, 2.05) is 37.4 Å². The van der Waals surface area contributed by atoms with Crippen LogP contribution in [-0.4, -0.2) is 28.8 Å². The molecule has 2 aromatic heterocycles. The predicted octanol–water partition coefficient (Wildman–Crippen LogP) is 5.25. The number of fused-ring (bicyclic) bond motifs is 3.